The molecule has 1 unspecified atom stereocenters. The third kappa shape index (κ3) is 3.04. The van der Waals surface area contributed by atoms with E-state index < -0.39 is 5.41 Å². The summed E-state index contributed by atoms with van der Waals surface area (Å²) < 4.78 is 0. The van der Waals surface area contributed by atoms with Gasteiger partial charge in [-0.3, -0.25) is 4.79 Å². The van der Waals surface area contributed by atoms with Crippen molar-refractivity contribution >= 4 is 28.4 Å². The molecule has 2 N–H and O–H groups in total. The molecule has 3 rings (SSSR count). The molecule has 0 bridgehead atoms. The van der Waals surface area contributed by atoms with Crippen molar-refractivity contribution in [3.8, 4) is 0 Å². The Bertz CT molecular complexity index is 868. The van der Waals surface area contributed by atoms with E-state index in [1.165, 1.54) is 0 Å². The zero-order valence-corrected chi connectivity index (χ0v) is 14.8. The van der Waals surface area contributed by atoms with Crippen LogP contribution in [0.1, 0.15) is 37.9 Å². The van der Waals surface area contributed by atoms with Crippen LogP contribution in [0.2, 0.25) is 5.02 Å². The maximum Gasteiger partial charge on any atom is 0.230 e. The summed E-state index contributed by atoms with van der Waals surface area (Å²) in [5, 5.41) is 4.76. The fraction of sp³-hybridized carbons (Fsp3) is 0.250. The largest absolute Gasteiger partial charge is 0.361 e. The molecule has 24 heavy (non-hydrogen) atoms. The summed E-state index contributed by atoms with van der Waals surface area (Å²) >= 11 is 6.13. The Balaban J connectivity index is 1.88. The molecule has 4 heteroatoms. The van der Waals surface area contributed by atoms with Gasteiger partial charge < -0.3 is 10.3 Å². The Hall–Kier alpha value is -2.26. The van der Waals surface area contributed by atoms with E-state index in [4.69, 9.17) is 11.6 Å². The molecule has 0 aliphatic rings. The summed E-state index contributed by atoms with van der Waals surface area (Å²) in [6.45, 7) is 5.86. The number of halogens is 1. The molecule has 1 amide bonds. The average Bonchev–Trinajstić information content (AvgIpc) is 2.99. The molecule has 1 heterocycles. The molecular formula is C20H21ClN2O. The summed E-state index contributed by atoms with van der Waals surface area (Å²) in [6.07, 6.45) is 1.90. The number of rotatable bonds is 4. The molecule has 2 aromatic carbocycles. The first kappa shape index (κ1) is 16.6. The molecule has 3 aromatic rings. The predicted molar refractivity (Wildman–Crippen MR) is 99.3 cm³/mol. The molecule has 1 atom stereocenters. The lowest BCUT2D eigenvalue weighted by Crippen LogP contribution is -2.41. The summed E-state index contributed by atoms with van der Waals surface area (Å²) in [5.74, 6) is -0.0141. The summed E-state index contributed by atoms with van der Waals surface area (Å²) in [7, 11) is 0. The second-order valence-electron chi connectivity index (χ2n) is 6.62. The number of H-pyrrole nitrogens is 1. The SMILES string of the molecule is CC(NC(=O)C(C)(C)c1c[nH]c2ccc(Cl)cc12)c1ccccc1. The van der Waals surface area contributed by atoms with Crippen molar-refractivity contribution in [1.82, 2.24) is 10.3 Å². The van der Waals surface area contributed by atoms with Gasteiger partial charge in [-0.05, 0) is 50.1 Å². The molecule has 124 valence electrons. The smallest absolute Gasteiger partial charge is 0.230 e. The lowest BCUT2D eigenvalue weighted by Gasteiger charge is -2.26. The number of benzene rings is 2. The monoisotopic (exact) mass is 340 g/mol. The first-order valence-corrected chi connectivity index (χ1v) is 8.40. The van der Waals surface area contributed by atoms with Crippen LogP contribution >= 0.6 is 11.6 Å². The Morgan fingerprint density at radius 2 is 1.88 bits per heavy atom. The van der Waals surface area contributed by atoms with Crippen LogP contribution in [0.4, 0.5) is 0 Å². The van der Waals surface area contributed by atoms with Gasteiger partial charge in [0.05, 0.1) is 11.5 Å². The topological polar surface area (TPSA) is 44.9 Å². The van der Waals surface area contributed by atoms with Crippen molar-refractivity contribution < 1.29 is 4.79 Å². The van der Waals surface area contributed by atoms with Gasteiger partial charge in [-0.1, -0.05) is 41.9 Å². The number of hydrogen-bond acceptors (Lipinski definition) is 1. The average molecular weight is 341 g/mol. The van der Waals surface area contributed by atoms with Gasteiger partial charge in [0.15, 0.2) is 0 Å². The third-order valence-corrected chi connectivity index (χ3v) is 4.77. The first-order valence-electron chi connectivity index (χ1n) is 8.02. The number of hydrogen-bond donors (Lipinski definition) is 2. The Labute approximate surface area is 147 Å². The van der Waals surface area contributed by atoms with Crippen LogP contribution in [0.25, 0.3) is 10.9 Å². The van der Waals surface area contributed by atoms with Crippen LogP contribution in [0.5, 0.6) is 0 Å². The van der Waals surface area contributed by atoms with Gasteiger partial charge >= 0.3 is 0 Å². The zero-order chi connectivity index (χ0) is 17.3. The minimum Gasteiger partial charge on any atom is -0.361 e. The van der Waals surface area contributed by atoms with E-state index in [2.05, 4.69) is 10.3 Å². The Morgan fingerprint density at radius 1 is 1.17 bits per heavy atom. The number of amides is 1. The summed E-state index contributed by atoms with van der Waals surface area (Å²) in [6, 6.07) is 15.6. The van der Waals surface area contributed by atoms with Gasteiger partial charge in [0.2, 0.25) is 5.91 Å². The van der Waals surface area contributed by atoms with E-state index in [0.717, 1.165) is 22.0 Å². The van der Waals surface area contributed by atoms with Crippen LogP contribution in [-0.4, -0.2) is 10.9 Å². The predicted octanol–water partition coefficient (Wildman–Crippen LogP) is 4.98. The van der Waals surface area contributed by atoms with Crippen LogP contribution in [-0.2, 0) is 10.2 Å². The highest BCUT2D eigenvalue weighted by Gasteiger charge is 2.33. The second-order valence-corrected chi connectivity index (χ2v) is 7.06. The second kappa shape index (κ2) is 6.33. The number of carbonyl (C=O) groups is 1. The van der Waals surface area contributed by atoms with E-state index in [1.54, 1.807) is 0 Å². The van der Waals surface area contributed by atoms with Gasteiger partial charge in [-0.15, -0.1) is 0 Å². The summed E-state index contributed by atoms with van der Waals surface area (Å²) in [5.41, 5.74) is 2.33. The molecule has 0 aliphatic carbocycles. The van der Waals surface area contributed by atoms with Crippen LogP contribution in [0, 0.1) is 0 Å². The number of aromatic amines is 1. The van der Waals surface area contributed by atoms with E-state index in [9.17, 15) is 4.79 Å². The minimum atomic E-state index is -0.675. The van der Waals surface area contributed by atoms with Gasteiger partial charge in [0.1, 0.15) is 0 Å². The van der Waals surface area contributed by atoms with E-state index in [-0.39, 0.29) is 11.9 Å². The lowest BCUT2D eigenvalue weighted by atomic mass is 9.83. The molecular weight excluding hydrogens is 320 g/mol. The molecule has 0 saturated heterocycles. The van der Waals surface area contributed by atoms with Crippen molar-refractivity contribution in [2.75, 3.05) is 0 Å². The third-order valence-electron chi connectivity index (χ3n) is 4.53. The molecule has 0 radical (unpaired) electrons. The summed E-state index contributed by atoms with van der Waals surface area (Å²) in [4.78, 5) is 16.1. The van der Waals surface area contributed by atoms with Crippen molar-refractivity contribution in [3.05, 3.63) is 70.9 Å². The highest BCUT2D eigenvalue weighted by molar-refractivity contribution is 6.31. The van der Waals surface area contributed by atoms with Crippen molar-refractivity contribution in [2.45, 2.75) is 32.2 Å². The van der Waals surface area contributed by atoms with E-state index >= 15 is 0 Å². The molecule has 0 saturated carbocycles. The van der Waals surface area contributed by atoms with Crippen LogP contribution in [0.15, 0.2) is 54.7 Å². The number of carbonyl (C=O) groups excluding carboxylic acids is 1. The first-order chi connectivity index (χ1) is 11.4. The fourth-order valence-corrected chi connectivity index (χ4v) is 3.11. The van der Waals surface area contributed by atoms with E-state index in [1.807, 2.05) is 75.5 Å². The zero-order valence-electron chi connectivity index (χ0n) is 14.1. The number of aromatic nitrogens is 1. The molecule has 3 nitrogen and oxygen atoms in total. The standard InChI is InChI=1S/C20H21ClN2O/c1-13(14-7-5-4-6-8-14)23-19(24)20(2,3)17-12-22-18-10-9-15(21)11-16(17)18/h4-13,22H,1-3H3,(H,23,24). The van der Waals surface area contributed by atoms with Gasteiger partial charge in [-0.2, -0.15) is 0 Å². The van der Waals surface area contributed by atoms with Gasteiger partial charge in [-0.25, -0.2) is 0 Å². The van der Waals surface area contributed by atoms with Crippen LogP contribution in [0.3, 0.4) is 0 Å². The van der Waals surface area contributed by atoms with Gasteiger partial charge in [0.25, 0.3) is 0 Å². The van der Waals surface area contributed by atoms with Crippen molar-refractivity contribution in [2.24, 2.45) is 0 Å². The van der Waals surface area contributed by atoms with E-state index in [0.29, 0.717) is 5.02 Å². The highest BCUT2D eigenvalue weighted by Crippen LogP contribution is 2.32. The number of nitrogens with one attached hydrogen (secondary N) is 2. The maximum absolute atomic E-state index is 12.9. The normalized spacial score (nSPS) is 13.0. The fourth-order valence-electron chi connectivity index (χ4n) is 2.93. The molecule has 1 aromatic heterocycles. The Kier molecular flexibility index (Phi) is 4.37. The molecule has 0 spiro atoms. The lowest BCUT2D eigenvalue weighted by molar-refractivity contribution is -0.126. The maximum atomic E-state index is 12.9. The quantitative estimate of drug-likeness (QED) is 0.691. The Morgan fingerprint density at radius 3 is 2.58 bits per heavy atom. The number of fused-ring (bicyclic) bond motifs is 1. The van der Waals surface area contributed by atoms with Crippen molar-refractivity contribution in [3.63, 3.8) is 0 Å². The molecule has 0 fully saturated rings. The van der Waals surface area contributed by atoms with Crippen LogP contribution < -0.4 is 5.32 Å². The highest BCUT2D eigenvalue weighted by atomic mass is 35.5. The minimum absolute atomic E-state index is 0.0141. The molecule has 0 aliphatic heterocycles. The van der Waals surface area contributed by atoms with Gasteiger partial charge in [0, 0.05) is 22.1 Å². The van der Waals surface area contributed by atoms with Crippen molar-refractivity contribution in [1.29, 1.82) is 0 Å².